The summed E-state index contributed by atoms with van der Waals surface area (Å²) in [6.45, 7) is 0. The van der Waals surface area contributed by atoms with Gasteiger partial charge in [0.2, 0.25) is 0 Å². The molecule has 120 valence electrons. The number of hydrogen-bond donors (Lipinski definition) is 2. The second-order valence-electron chi connectivity index (χ2n) is 5.88. The minimum Gasteiger partial charge on any atom is -0.494 e. The summed E-state index contributed by atoms with van der Waals surface area (Å²) in [5.74, 6) is 0.175. The smallest absolute Gasteiger partial charge is 0.196 e. The van der Waals surface area contributed by atoms with Gasteiger partial charge in [0.25, 0.3) is 0 Å². The van der Waals surface area contributed by atoms with Crippen molar-refractivity contribution in [1.29, 1.82) is 0 Å². The second kappa shape index (κ2) is 5.43. The first kappa shape index (κ1) is 14.2. The third-order valence-electron chi connectivity index (χ3n) is 4.33. The number of H-pyrrole nitrogens is 1. The molecule has 4 nitrogen and oxygen atoms in total. The molecule has 2 aromatic carbocycles. The van der Waals surface area contributed by atoms with Crippen LogP contribution >= 0.6 is 11.3 Å². The maximum Gasteiger partial charge on any atom is 0.196 e. The molecule has 0 amide bonds. The van der Waals surface area contributed by atoms with Crippen LogP contribution in [0.15, 0.2) is 70.2 Å². The Morgan fingerprint density at radius 1 is 1.00 bits per heavy atom. The van der Waals surface area contributed by atoms with Crippen LogP contribution in [0.3, 0.4) is 0 Å². The normalized spacial score (nSPS) is 13.8. The van der Waals surface area contributed by atoms with Crippen molar-refractivity contribution in [2.24, 2.45) is 10.2 Å². The Balaban J connectivity index is 1.69. The zero-order valence-corrected chi connectivity index (χ0v) is 13.9. The van der Waals surface area contributed by atoms with E-state index in [1.165, 1.54) is 0 Å². The lowest BCUT2D eigenvalue weighted by molar-refractivity contribution is 0.457. The Bertz CT molecular complexity index is 1250. The van der Waals surface area contributed by atoms with E-state index in [0.29, 0.717) is 0 Å². The average molecular weight is 343 g/mol. The predicted molar refractivity (Wildman–Crippen MR) is 101 cm³/mol. The van der Waals surface area contributed by atoms with E-state index >= 15 is 0 Å². The van der Waals surface area contributed by atoms with Crippen molar-refractivity contribution in [3.8, 4) is 5.88 Å². The summed E-state index contributed by atoms with van der Waals surface area (Å²) < 4.78 is 0. The number of aromatic hydroxyl groups is 1. The van der Waals surface area contributed by atoms with Gasteiger partial charge in [-0.05, 0) is 40.9 Å². The zero-order chi connectivity index (χ0) is 16.8. The van der Waals surface area contributed by atoms with Gasteiger partial charge in [-0.25, -0.2) is 0 Å². The fourth-order valence-electron chi connectivity index (χ4n) is 3.14. The topological polar surface area (TPSA) is 60.7 Å². The van der Waals surface area contributed by atoms with Crippen molar-refractivity contribution in [3.63, 3.8) is 0 Å². The summed E-state index contributed by atoms with van der Waals surface area (Å²) in [4.78, 5) is 4.12. The minimum absolute atomic E-state index is 0.175. The van der Waals surface area contributed by atoms with E-state index in [1.54, 1.807) is 11.3 Å². The van der Waals surface area contributed by atoms with Crippen LogP contribution in [-0.4, -0.2) is 10.1 Å². The third-order valence-corrected chi connectivity index (χ3v) is 5.20. The van der Waals surface area contributed by atoms with Crippen molar-refractivity contribution in [3.05, 3.63) is 80.9 Å². The molecule has 0 atom stereocenters. The van der Waals surface area contributed by atoms with E-state index in [9.17, 15) is 5.11 Å². The molecule has 0 fully saturated rings. The zero-order valence-electron chi connectivity index (χ0n) is 13.1. The number of aromatic amines is 1. The molecule has 0 spiro atoms. The summed E-state index contributed by atoms with van der Waals surface area (Å²) in [6, 6.07) is 18.0. The summed E-state index contributed by atoms with van der Waals surface area (Å²) in [7, 11) is 0. The first-order valence-electron chi connectivity index (χ1n) is 7.91. The largest absolute Gasteiger partial charge is 0.494 e. The van der Waals surface area contributed by atoms with Crippen molar-refractivity contribution in [2.45, 2.75) is 0 Å². The summed E-state index contributed by atoms with van der Waals surface area (Å²) in [5.41, 5.74) is 3.48. The maximum absolute atomic E-state index is 10.2. The van der Waals surface area contributed by atoms with Gasteiger partial charge < -0.3 is 10.1 Å². The van der Waals surface area contributed by atoms with Crippen molar-refractivity contribution >= 4 is 39.7 Å². The molecule has 0 unspecified atom stereocenters. The van der Waals surface area contributed by atoms with Gasteiger partial charge in [0.1, 0.15) is 5.70 Å². The molecule has 0 radical (unpaired) electrons. The van der Waals surface area contributed by atoms with Crippen LogP contribution < -0.4 is 10.4 Å². The molecule has 2 aromatic heterocycles. The Morgan fingerprint density at radius 2 is 1.92 bits per heavy atom. The van der Waals surface area contributed by atoms with Gasteiger partial charge in [-0.3, -0.25) is 0 Å². The van der Waals surface area contributed by atoms with Gasteiger partial charge in [-0.1, -0.05) is 30.3 Å². The predicted octanol–water partition coefficient (Wildman–Crippen LogP) is 4.02. The lowest BCUT2D eigenvalue weighted by atomic mass is 10.1. The molecule has 0 saturated heterocycles. The number of benzene rings is 2. The van der Waals surface area contributed by atoms with Crippen molar-refractivity contribution < 1.29 is 5.11 Å². The summed E-state index contributed by atoms with van der Waals surface area (Å²) in [6.07, 6.45) is 1.97. The Labute approximate surface area is 147 Å². The van der Waals surface area contributed by atoms with E-state index in [4.69, 9.17) is 0 Å². The lowest BCUT2D eigenvalue weighted by Gasteiger charge is -1.95. The van der Waals surface area contributed by atoms with Gasteiger partial charge >= 0.3 is 0 Å². The number of aromatic nitrogens is 1. The molecule has 0 saturated carbocycles. The summed E-state index contributed by atoms with van der Waals surface area (Å²) >= 11 is 1.66. The number of rotatable bonds is 2. The fourth-order valence-corrected chi connectivity index (χ4v) is 3.86. The van der Waals surface area contributed by atoms with E-state index in [1.807, 2.05) is 60.0 Å². The molecule has 1 aliphatic rings. The number of nitrogens with one attached hydrogen (secondary N) is 1. The molecular formula is C20H13N3OS. The van der Waals surface area contributed by atoms with E-state index in [2.05, 4.69) is 21.3 Å². The number of hydrogen-bond acceptors (Lipinski definition) is 4. The monoisotopic (exact) mass is 343 g/mol. The molecule has 25 heavy (non-hydrogen) atoms. The highest BCUT2D eigenvalue weighted by Crippen LogP contribution is 2.28. The Kier molecular flexibility index (Phi) is 3.08. The first-order valence-corrected chi connectivity index (χ1v) is 8.79. The summed E-state index contributed by atoms with van der Waals surface area (Å²) in [5, 5.41) is 23.9. The number of fused-ring (bicyclic) bond motifs is 2. The van der Waals surface area contributed by atoms with Crippen LogP contribution in [0.5, 0.6) is 5.88 Å². The molecule has 3 heterocycles. The number of para-hydroxylation sites is 1. The van der Waals surface area contributed by atoms with Crippen LogP contribution in [0.1, 0.15) is 10.4 Å². The highest BCUT2D eigenvalue weighted by Gasteiger charge is 2.12. The molecule has 1 aliphatic heterocycles. The van der Waals surface area contributed by atoms with Crippen LogP contribution in [0.2, 0.25) is 0 Å². The van der Waals surface area contributed by atoms with E-state index < -0.39 is 0 Å². The van der Waals surface area contributed by atoms with Crippen LogP contribution in [0.25, 0.3) is 22.7 Å². The van der Waals surface area contributed by atoms with Gasteiger partial charge in [-0.2, -0.15) is 0 Å². The number of nitrogens with zero attached hydrogens (tertiary/aromatic N) is 2. The van der Waals surface area contributed by atoms with Crippen LogP contribution in [-0.2, 0) is 0 Å². The number of thiophene rings is 1. The van der Waals surface area contributed by atoms with Crippen molar-refractivity contribution in [2.75, 3.05) is 0 Å². The lowest BCUT2D eigenvalue weighted by Crippen LogP contribution is -2.09. The van der Waals surface area contributed by atoms with Crippen LogP contribution in [0, 0.1) is 0 Å². The molecule has 0 bridgehead atoms. The second-order valence-corrected chi connectivity index (χ2v) is 6.83. The van der Waals surface area contributed by atoms with Gasteiger partial charge in [-0.15, -0.1) is 21.6 Å². The number of azo groups is 1. The SMILES string of the molecule is Oc1[nH]c2ccccc2c1/C=c1\ccc2c(c1)N=NC=2c1cccs1. The molecular weight excluding hydrogens is 330 g/mol. The standard InChI is InChI=1S/C20H13N3OS/c24-20-15(13-4-1-2-5-16(13)21-20)10-12-7-8-14-17(11-12)22-23-19(14)18-6-3-9-25-18/h1-11,21,24H/b12-10+. The quantitative estimate of drug-likeness (QED) is 0.567. The molecule has 0 aliphatic carbocycles. The highest BCUT2D eigenvalue weighted by molar-refractivity contribution is 7.11. The molecule has 5 heteroatoms. The first-order chi connectivity index (χ1) is 12.3. The fraction of sp³-hybridized carbons (Fsp3) is 0. The van der Waals surface area contributed by atoms with E-state index in [0.717, 1.165) is 43.2 Å². The Hall–Kier alpha value is -3.18. The third kappa shape index (κ3) is 2.28. The van der Waals surface area contributed by atoms with E-state index in [-0.39, 0.29) is 5.88 Å². The maximum atomic E-state index is 10.2. The Morgan fingerprint density at radius 3 is 2.80 bits per heavy atom. The van der Waals surface area contributed by atoms with Crippen molar-refractivity contribution in [1.82, 2.24) is 4.98 Å². The molecule has 2 N–H and O–H groups in total. The molecule has 5 rings (SSSR count). The van der Waals surface area contributed by atoms with Gasteiger partial charge in [0.05, 0.1) is 10.6 Å². The van der Waals surface area contributed by atoms with Gasteiger partial charge in [0.15, 0.2) is 5.88 Å². The molecule has 4 aromatic rings. The average Bonchev–Trinajstić information content (AvgIpc) is 3.34. The highest BCUT2D eigenvalue weighted by atomic mass is 32.1. The minimum atomic E-state index is 0.175. The van der Waals surface area contributed by atoms with Gasteiger partial charge in [0, 0.05) is 21.7 Å². The van der Waals surface area contributed by atoms with Crippen LogP contribution in [0.4, 0.5) is 5.69 Å².